The van der Waals surface area contributed by atoms with Gasteiger partial charge in [-0.3, -0.25) is 0 Å². The predicted molar refractivity (Wildman–Crippen MR) is 54.7 cm³/mol. The van der Waals surface area contributed by atoms with Crippen LogP contribution in [0.4, 0.5) is 0 Å². The van der Waals surface area contributed by atoms with Crippen LogP contribution in [0, 0.1) is 0 Å². The zero-order chi connectivity index (χ0) is 9.54. The first-order valence-electron chi connectivity index (χ1n) is 5.43. The Kier molecular flexibility index (Phi) is 1.76. The van der Waals surface area contributed by atoms with Gasteiger partial charge in [0, 0.05) is 11.8 Å². The van der Waals surface area contributed by atoms with Crippen LogP contribution < -0.4 is 4.74 Å². The van der Waals surface area contributed by atoms with E-state index in [0.717, 1.165) is 17.7 Å². The second-order valence-electron chi connectivity index (χ2n) is 4.37. The second-order valence-corrected chi connectivity index (χ2v) is 4.37. The van der Waals surface area contributed by atoms with Crippen LogP contribution in [0.15, 0.2) is 12.3 Å². The molecule has 0 unspecified atom stereocenters. The van der Waals surface area contributed by atoms with Crippen molar-refractivity contribution in [3.05, 3.63) is 23.4 Å². The summed E-state index contributed by atoms with van der Waals surface area (Å²) >= 11 is 0. The van der Waals surface area contributed by atoms with E-state index in [1.54, 1.807) is 7.11 Å². The Morgan fingerprint density at radius 2 is 1.93 bits per heavy atom. The van der Waals surface area contributed by atoms with E-state index in [1.807, 2.05) is 6.20 Å². The van der Waals surface area contributed by atoms with Crippen molar-refractivity contribution in [2.24, 2.45) is 0 Å². The first-order chi connectivity index (χ1) is 6.90. The standard InChI is InChI=1S/C12H15NO/c1-14-12-11(9-4-5-9)10(6-7-13-12)8-2-3-8/h6-9H,2-5H2,1H3. The van der Waals surface area contributed by atoms with E-state index in [1.165, 1.54) is 36.8 Å². The van der Waals surface area contributed by atoms with Gasteiger partial charge in [-0.2, -0.15) is 0 Å². The van der Waals surface area contributed by atoms with Gasteiger partial charge in [-0.25, -0.2) is 4.98 Å². The van der Waals surface area contributed by atoms with Crippen LogP contribution in [0.3, 0.4) is 0 Å². The minimum Gasteiger partial charge on any atom is -0.481 e. The Labute approximate surface area is 84.3 Å². The maximum Gasteiger partial charge on any atom is 0.216 e. The van der Waals surface area contributed by atoms with Gasteiger partial charge in [0.05, 0.1) is 7.11 Å². The zero-order valence-corrected chi connectivity index (χ0v) is 8.49. The minimum absolute atomic E-state index is 0.745. The van der Waals surface area contributed by atoms with Crippen molar-refractivity contribution in [2.75, 3.05) is 7.11 Å². The fourth-order valence-corrected chi connectivity index (χ4v) is 2.16. The van der Waals surface area contributed by atoms with E-state index >= 15 is 0 Å². The molecule has 1 aromatic rings. The Morgan fingerprint density at radius 1 is 1.21 bits per heavy atom. The summed E-state index contributed by atoms with van der Waals surface area (Å²) in [5.41, 5.74) is 2.93. The summed E-state index contributed by atoms with van der Waals surface area (Å²) in [7, 11) is 1.73. The summed E-state index contributed by atoms with van der Waals surface area (Å²) in [5.74, 6) is 2.42. The highest BCUT2D eigenvalue weighted by Crippen LogP contribution is 2.51. The van der Waals surface area contributed by atoms with E-state index in [9.17, 15) is 0 Å². The molecule has 14 heavy (non-hydrogen) atoms. The van der Waals surface area contributed by atoms with Gasteiger partial charge in [0.25, 0.3) is 0 Å². The zero-order valence-electron chi connectivity index (χ0n) is 8.49. The monoisotopic (exact) mass is 189 g/mol. The lowest BCUT2D eigenvalue weighted by Gasteiger charge is -2.11. The molecule has 2 aliphatic carbocycles. The number of nitrogens with zero attached hydrogens (tertiary/aromatic N) is 1. The quantitative estimate of drug-likeness (QED) is 0.729. The molecule has 2 saturated carbocycles. The molecule has 0 aliphatic heterocycles. The number of aromatic nitrogens is 1. The van der Waals surface area contributed by atoms with Crippen molar-refractivity contribution in [3.8, 4) is 5.88 Å². The third-order valence-electron chi connectivity index (χ3n) is 3.18. The highest BCUT2D eigenvalue weighted by Gasteiger charge is 2.35. The topological polar surface area (TPSA) is 22.1 Å². The molecule has 2 heteroatoms. The van der Waals surface area contributed by atoms with Gasteiger partial charge in [0.1, 0.15) is 0 Å². The third kappa shape index (κ3) is 1.29. The molecule has 0 amide bonds. The minimum atomic E-state index is 0.745. The summed E-state index contributed by atoms with van der Waals surface area (Å²) in [6.07, 6.45) is 7.24. The first kappa shape index (κ1) is 8.27. The van der Waals surface area contributed by atoms with E-state index < -0.39 is 0 Å². The van der Waals surface area contributed by atoms with Crippen LogP contribution in [0.2, 0.25) is 0 Å². The fourth-order valence-electron chi connectivity index (χ4n) is 2.16. The SMILES string of the molecule is COc1nccc(C2CC2)c1C1CC1. The molecule has 74 valence electrons. The van der Waals surface area contributed by atoms with Gasteiger partial charge in [0.2, 0.25) is 5.88 Å². The molecule has 2 aliphatic rings. The molecule has 0 atom stereocenters. The average Bonchev–Trinajstić information content (AvgIpc) is 3.04. The molecule has 1 heterocycles. The molecule has 0 N–H and O–H groups in total. The van der Waals surface area contributed by atoms with Crippen LogP contribution in [0.1, 0.15) is 48.6 Å². The number of hydrogen-bond acceptors (Lipinski definition) is 2. The maximum atomic E-state index is 5.35. The van der Waals surface area contributed by atoms with E-state index in [-0.39, 0.29) is 0 Å². The van der Waals surface area contributed by atoms with E-state index in [0.29, 0.717) is 0 Å². The Bertz CT molecular complexity index is 353. The van der Waals surface area contributed by atoms with E-state index in [2.05, 4.69) is 11.1 Å². The van der Waals surface area contributed by atoms with Crippen molar-refractivity contribution < 1.29 is 4.74 Å². The molecule has 3 rings (SSSR count). The molecule has 0 aromatic carbocycles. The lowest BCUT2D eigenvalue weighted by Crippen LogP contribution is -1.98. The summed E-state index contributed by atoms with van der Waals surface area (Å²) in [6, 6.07) is 2.19. The molecule has 0 radical (unpaired) electrons. The molecular weight excluding hydrogens is 174 g/mol. The fraction of sp³-hybridized carbons (Fsp3) is 0.583. The van der Waals surface area contributed by atoms with Crippen LogP contribution in [-0.4, -0.2) is 12.1 Å². The van der Waals surface area contributed by atoms with E-state index in [4.69, 9.17) is 4.74 Å². The molecule has 0 bridgehead atoms. The number of methoxy groups -OCH3 is 1. The summed E-state index contributed by atoms with van der Waals surface area (Å²) in [6.45, 7) is 0. The summed E-state index contributed by atoms with van der Waals surface area (Å²) in [4.78, 5) is 4.31. The van der Waals surface area contributed by atoms with Gasteiger partial charge in [-0.15, -0.1) is 0 Å². The molecule has 0 spiro atoms. The molecule has 0 saturated heterocycles. The average molecular weight is 189 g/mol. The number of rotatable bonds is 3. The van der Waals surface area contributed by atoms with Gasteiger partial charge < -0.3 is 4.74 Å². The summed E-state index contributed by atoms with van der Waals surface area (Å²) in [5, 5.41) is 0. The van der Waals surface area contributed by atoms with Gasteiger partial charge in [-0.1, -0.05) is 0 Å². The van der Waals surface area contributed by atoms with Gasteiger partial charge >= 0.3 is 0 Å². The lowest BCUT2D eigenvalue weighted by atomic mass is 10.0. The van der Waals surface area contributed by atoms with Gasteiger partial charge in [-0.05, 0) is 49.1 Å². The lowest BCUT2D eigenvalue weighted by molar-refractivity contribution is 0.391. The number of hydrogen-bond donors (Lipinski definition) is 0. The van der Waals surface area contributed by atoms with Crippen LogP contribution >= 0.6 is 0 Å². The van der Waals surface area contributed by atoms with Crippen molar-refractivity contribution in [2.45, 2.75) is 37.5 Å². The molecule has 2 nitrogen and oxygen atoms in total. The normalized spacial score (nSPS) is 20.9. The molecule has 2 fully saturated rings. The Balaban J connectivity index is 2.07. The second kappa shape index (κ2) is 2.97. The van der Waals surface area contributed by atoms with Crippen LogP contribution in [0.5, 0.6) is 5.88 Å². The van der Waals surface area contributed by atoms with Crippen LogP contribution in [0.25, 0.3) is 0 Å². The van der Waals surface area contributed by atoms with Crippen molar-refractivity contribution in [1.29, 1.82) is 0 Å². The highest BCUT2D eigenvalue weighted by atomic mass is 16.5. The smallest absolute Gasteiger partial charge is 0.216 e. The number of pyridine rings is 1. The van der Waals surface area contributed by atoms with Crippen molar-refractivity contribution >= 4 is 0 Å². The predicted octanol–water partition coefficient (Wildman–Crippen LogP) is 2.85. The number of ether oxygens (including phenoxy) is 1. The van der Waals surface area contributed by atoms with Gasteiger partial charge in [0.15, 0.2) is 0 Å². The summed E-state index contributed by atoms with van der Waals surface area (Å²) < 4.78 is 5.35. The van der Waals surface area contributed by atoms with Crippen molar-refractivity contribution in [1.82, 2.24) is 4.98 Å². The largest absolute Gasteiger partial charge is 0.481 e. The third-order valence-corrected chi connectivity index (χ3v) is 3.18. The highest BCUT2D eigenvalue weighted by molar-refractivity contribution is 5.43. The first-order valence-corrected chi connectivity index (χ1v) is 5.43. The van der Waals surface area contributed by atoms with Crippen molar-refractivity contribution in [3.63, 3.8) is 0 Å². The Hall–Kier alpha value is -1.05. The Morgan fingerprint density at radius 3 is 2.50 bits per heavy atom. The maximum absolute atomic E-state index is 5.35. The molecular formula is C12H15NO. The molecule has 1 aromatic heterocycles. The van der Waals surface area contributed by atoms with Crippen LogP contribution in [-0.2, 0) is 0 Å².